The van der Waals surface area contributed by atoms with E-state index in [1.807, 2.05) is 6.92 Å². The van der Waals surface area contributed by atoms with E-state index in [4.69, 9.17) is 10.3 Å². The predicted molar refractivity (Wildman–Crippen MR) is 64.3 cm³/mol. The van der Waals surface area contributed by atoms with Crippen LogP contribution in [0.2, 0.25) is 0 Å². The minimum Gasteiger partial charge on any atom is -0.339 e. The van der Waals surface area contributed by atoms with Crippen molar-refractivity contribution in [1.29, 1.82) is 0 Å². The summed E-state index contributed by atoms with van der Waals surface area (Å²) in [6, 6.07) is 0. The molecule has 0 aliphatic carbocycles. The average Bonchev–Trinajstić information content (AvgIpc) is 2.77. The highest BCUT2D eigenvalue weighted by atomic mass is 16.5. The summed E-state index contributed by atoms with van der Waals surface area (Å²) in [6.45, 7) is 6.94. The van der Waals surface area contributed by atoms with Gasteiger partial charge in [-0.3, -0.25) is 0 Å². The van der Waals surface area contributed by atoms with E-state index < -0.39 is 0 Å². The minimum absolute atomic E-state index is 0.182. The van der Waals surface area contributed by atoms with Crippen LogP contribution in [0.25, 0.3) is 0 Å². The summed E-state index contributed by atoms with van der Waals surface area (Å²) in [5.41, 5.74) is 5.59. The zero-order chi connectivity index (χ0) is 12.0. The summed E-state index contributed by atoms with van der Waals surface area (Å²) >= 11 is 0. The van der Waals surface area contributed by atoms with Crippen LogP contribution in [0.1, 0.15) is 70.0 Å². The minimum atomic E-state index is 0.182. The third kappa shape index (κ3) is 3.30. The van der Waals surface area contributed by atoms with Crippen LogP contribution in [0.5, 0.6) is 0 Å². The Morgan fingerprint density at radius 2 is 1.88 bits per heavy atom. The zero-order valence-corrected chi connectivity index (χ0v) is 10.6. The smallest absolute Gasteiger partial charge is 0.229 e. The summed E-state index contributed by atoms with van der Waals surface area (Å²) in [4.78, 5) is 4.46. The van der Waals surface area contributed by atoms with Gasteiger partial charge in [0.15, 0.2) is 5.82 Å². The fourth-order valence-corrected chi connectivity index (χ4v) is 1.81. The Morgan fingerprint density at radius 1 is 1.25 bits per heavy atom. The monoisotopic (exact) mass is 225 g/mol. The Balaban J connectivity index is 2.72. The molecule has 92 valence electrons. The SMILES string of the molecule is CCCC(CCC)c1nc(C(C)CN)no1. The zero-order valence-electron chi connectivity index (χ0n) is 10.6. The van der Waals surface area contributed by atoms with Gasteiger partial charge in [0.1, 0.15) is 0 Å². The van der Waals surface area contributed by atoms with Crippen molar-refractivity contribution in [3.05, 3.63) is 11.7 Å². The molecular formula is C12H23N3O. The molecule has 1 aromatic rings. The molecule has 0 aromatic carbocycles. The Morgan fingerprint density at radius 3 is 2.38 bits per heavy atom. The second-order valence-corrected chi connectivity index (χ2v) is 4.40. The molecule has 1 atom stereocenters. The summed E-state index contributed by atoms with van der Waals surface area (Å²) in [7, 11) is 0. The van der Waals surface area contributed by atoms with Gasteiger partial charge in [0.25, 0.3) is 0 Å². The molecule has 0 amide bonds. The summed E-state index contributed by atoms with van der Waals surface area (Å²) < 4.78 is 5.34. The maximum absolute atomic E-state index is 5.59. The van der Waals surface area contributed by atoms with E-state index in [2.05, 4.69) is 24.0 Å². The van der Waals surface area contributed by atoms with Crippen molar-refractivity contribution in [2.75, 3.05) is 6.54 Å². The predicted octanol–water partition coefficient (Wildman–Crippen LogP) is 2.82. The maximum Gasteiger partial charge on any atom is 0.229 e. The molecule has 0 spiro atoms. The highest BCUT2D eigenvalue weighted by molar-refractivity contribution is 4.98. The lowest BCUT2D eigenvalue weighted by Gasteiger charge is -2.09. The van der Waals surface area contributed by atoms with Crippen LogP contribution in [0.15, 0.2) is 4.52 Å². The normalized spacial score (nSPS) is 13.3. The summed E-state index contributed by atoms with van der Waals surface area (Å²) in [5, 5.41) is 4.01. The van der Waals surface area contributed by atoms with E-state index in [1.54, 1.807) is 0 Å². The van der Waals surface area contributed by atoms with Crippen molar-refractivity contribution in [3.63, 3.8) is 0 Å². The number of aromatic nitrogens is 2. The fourth-order valence-electron chi connectivity index (χ4n) is 1.81. The van der Waals surface area contributed by atoms with Crippen molar-refractivity contribution < 1.29 is 4.52 Å². The van der Waals surface area contributed by atoms with Crippen LogP contribution in [-0.4, -0.2) is 16.7 Å². The van der Waals surface area contributed by atoms with Crippen LogP contribution in [0.4, 0.5) is 0 Å². The van der Waals surface area contributed by atoms with Gasteiger partial charge in [-0.2, -0.15) is 4.98 Å². The Kier molecular flexibility index (Phi) is 5.46. The number of nitrogens with zero attached hydrogens (tertiary/aromatic N) is 2. The first kappa shape index (κ1) is 13.2. The first-order valence-corrected chi connectivity index (χ1v) is 6.26. The van der Waals surface area contributed by atoms with Crippen LogP contribution in [0.3, 0.4) is 0 Å². The van der Waals surface area contributed by atoms with Gasteiger partial charge in [0, 0.05) is 18.4 Å². The molecule has 4 nitrogen and oxygen atoms in total. The molecule has 0 aliphatic rings. The lowest BCUT2D eigenvalue weighted by Crippen LogP contribution is -2.10. The summed E-state index contributed by atoms with van der Waals surface area (Å²) in [5.74, 6) is 2.14. The average molecular weight is 225 g/mol. The van der Waals surface area contributed by atoms with Gasteiger partial charge in [-0.25, -0.2) is 0 Å². The Bertz CT molecular complexity index is 292. The lowest BCUT2D eigenvalue weighted by molar-refractivity contribution is 0.332. The quantitative estimate of drug-likeness (QED) is 0.775. The van der Waals surface area contributed by atoms with Gasteiger partial charge in [0.2, 0.25) is 5.89 Å². The molecule has 0 saturated heterocycles. The number of hydrogen-bond acceptors (Lipinski definition) is 4. The van der Waals surface area contributed by atoms with Gasteiger partial charge >= 0.3 is 0 Å². The third-order valence-electron chi connectivity index (χ3n) is 2.88. The maximum atomic E-state index is 5.59. The largest absolute Gasteiger partial charge is 0.339 e. The van der Waals surface area contributed by atoms with Crippen LogP contribution >= 0.6 is 0 Å². The van der Waals surface area contributed by atoms with E-state index in [0.717, 1.165) is 37.4 Å². The van der Waals surface area contributed by atoms with Gasteiger partial charge in [0.05, 0.1) is 0 Å². The molecule has 0 saturated carbocycles. The van der Waals surface area contributed by atoms with Crippen LogP contribution in [0, 0.1) is 0 Å². The first-order valence-electron chi connectivity index (χ1n) is 6.26. The van der Waals surface area contributed by atoms with Crippen LogP contribution in [-0.2, 0) is 0 Å². The molecule has 0 bridgehead atoms. The second kappa shape index (κ2) is 6.63. The lowest BCUT2D eigenvalue weighted by atomic mass is 9.98. The molecule has 1 heterocycles. The van der Waals surface area contributed by atoms with Crippen molar-refractivity contribution in [2.45, 2.75) is 58.3 Å². The molecule has 4 heteroatoms. The first-order chi connectivity index (χ1) is 7.72. The highest BCUT2D eigenvalue weighted by Gasteiger charge is 2.19. The molecule has 16 heavy (non-hydrogen) atoms. The topological polar surface area (TPSA) is 64.9 Å². The molecule has 0 fully saturated rings. The molecule has 1 aromatic heterocycles. The molecule has 2 N–H and O–H groups in total. The standard InChI is InChI=1S/C12H23N3O/c1-4-6-10(7-5-2)12-14-11(15-16-12)9(3)8-13/h9-10H,4-8,13H2,1-3H3. The van der Waals surface area contributed by atoms with E-state index >= 15 is 0 Å². The number of nitrogens with two attached hydrogens (primary N) is 1. The molecule has 0 radical (unpaired) electrons. The van der Waals surface area contributed by atoms with Crippen molar-refractivity contribution >= 4 is 0 Å². The molecule has 1 unspecified atom stereocenters. The Labute approximate surface area is 97.6 Å². The number of hydrogen-bond donors (Lipinski definition) is 1. The van der Waals surface area contributed by atoms with Gasteiger partial charge in [-0.1, -0.05) is 38.8 Å². The third-order valence-corrected chi connectivity index (χ3v) is 2.88. The van der Waals surface area contributed by atoms with E-state index in [1.165, 1.54) is 0 Å². The van der Waals surface area contributed by atoms with Crippen molar-refractivity contribution in [3.8, 4) is 0 Å². The van der Waals surface area contributed by atoms with Crippen LogP contribution < -0.4 is 5.73 Å². The van der Waals surface area contributed by atoms with Crippen molar-refractivity contribution in [2.24, 2.45) is 5.73 Å². The van der Waals surface area contributed by atoms with E-state index in [9.17, 15) is 0 Å². The number of rotatable bonds is 7. The fraction of sp³-hybridized carbons (Fsp3) is 0.833. The van der Waals surface area contributed by atoms with Crippen molar-refractivity contribution in [1.82, 2.24) is 10.1 Å². The van der Waals surface area contributed by atoms with Gasteiger partial charge in [-0.15, -0.1) is 0 Å². The van der Waals surface area contributed by atoms with Gasteiger partial charge in [-0.05, 0) is 12.8 Å². The van der Waals surface area contributed by atoms with E-state index in [-0.39, 0.29) is 5.92 Å². The van der Waals surface area contributed by atoms with Gasteiger partial charge < -0.3 is 10.3 Å². The molecule has 0 aliphatic heterocycles. The molecular weight excluding hydrogens is 202 g/mol. The molecule has 1 rings (SSSR count). The second-order valence-electron chi connectivity index (χ2n) is 4.40. The summed E-state index contributed by atoms with van der Waals surface area (Å²) in [6.07, 6.45) is 4.53. The Hall–Kier alpha value is -0.900. The highest BCUT2D eigenvalue weighted by Crippen LogP contribution is 2.25. The van der Waals surface area contributed by atoms with E-state index in [0.29, 0.717) is 12.5 Å².